The highest BCUT2D eigenvalue weighted by Crippen LogP contribution is 2.65. The fraction of sp³-hybridized carbons (Fsp3) is 0.200. The third kappa shape index (κ3) is 3.38. The molecule has 6 unspecified atom stereocenters. The first-order valence-corrected chi connectivity index (χ1v) is 13.3. The van der Waals surface area contributed by atoms with Crippen molar-refractivity contribution in [1.29, 1.82) is 0 Å². The summed E-state index contributed by atoms with van der Waals surface area (Å²) in [5, 5.41) is 39.8. The molecule has 2 bridgehead atoms. The van der Waals surface area contributed by atoms with Crippen molar-refractivity contribution in [2.45, 2.75) is 5.41 Å². The van der Waals surface area contributed by atoms with Crippen molar-refractivity contribution in [2.24, 2.45) is 29.6 Å². The van der Waals surface area contributed by atoms with Crippen molar-refractivity contribution >= 4 is 46.4 Å². The van der Waals surface area contributed by atoms with Crippen LogP contribution in [0.1, 0.15) is 5.56 Å². The van der Waals surface area contributed by atoms with Gasteiger partial charge in [0, 0.05) is 35.6 Å². The summed E-state index contributed by atoms with van der Waals surface area (Å²) in [5.74, 6) is -7.05. The Morgan fingerprint density at radius 3 is 1.57 bits per heavy atom. The van der Waals surface area contributed by atoms with Crippen LogP contribution < -0.4 is 20.3 Å². The van der Waals surface area contributed by atoms with Crippen LogP contribution >= 0.6 is 0 Å². The molecule has 42 heavy (non-hydrogen) atoms. The molecule has 0 aromatic heterocycles. The van der Waals surface area contributed by atoms with E-state index in [2.05, 4.69) is 0 Å². The number of hydrogen-bond acceptors (Lipinski definition) is 8. The summed E-state index contributed by atoms with van der Waals surface area (Å²) in [7, 11) is 0. The quantitative estimate of drug-likeness (QED) is 0.196. The molecule has 8 rings (SSSR count). The molecule has 3 aliphatic carbocycles. The molecule has 0 spiro atoms. The van der Waals surface area contributed by atoms with Gasteiger partial charge in [0.2, 0.25) is 23.6 Å². The maximum absolute atomic E-state index is 14.3. The van der Waals surface area contributed by atoms with Crippen molar-refractivity contribution < 1.29 is 40.0 Å². The minimum absolute atomic E-state index is 0.0942. The number of allylic oxidation sites excluding steroid dienone is 2. The number of nitrogens with zero attached hydrogens (tertiary/aromatic N) is 2. The van der Waals surface area contributed by atoms with E-state index in [9.17, 15) is 40.0 Å². The predicted molar refractivity (Wildman–Crippen MR) is 144 cm³/mol. The summed E-state index contributed by atoms with van der Waals surface area (Å²) < 4.78 is 0. The van der Waals surface area contributed by atoms with E-state index in [-0.39, 0.29) is 22.7 Å². The Balaban J connectivity index is 1.39. The van der Waals surface area contributed by atoms with E-state index in [0.717, 1.165) is 9.80 Å². The summed E-state index contributed by atoms with van der Waals surface area (Å²) in [6.45, 7) is 0. The summed E-state index contributed by atoms with van der Waals surface area (Å²) in [4.78, 5) is 58.8. The van der Waals surface area contributed by atoms with Gasteiger partial charge in [-0.25, -0.2) is 20.2 Å². The van der Waals surface area contributed by atoms with E-state index in [0.29, 0.717) is 5.56 Å². The first-order valence-electron chi connectivity index (χ1n) is 13.3. The van der Waals surface area contributed by atoms with Gasteiger partial charge in [-0.3, -0.25) is 19.2 Å². The van der Waals surface area contributed by atoms with E-state index >= 15 is 0 Å². The minimum atomic E-state index is -1.36. The Morgan fingerprint density at radius 2 is 1.12 bits per heavy atom. The predicted octanol–water partition coefficient (Wildman–Crippen LogP) is 0.542. The number of rotatable bonds is 5. The topological polar surface area (TPSA) is 170 Å². The number of carbonyl (C=O) groups excluding carboxylic acids is 4. The molecule has 5 aliphatic rings. The Labute approximate surface area is 238 Å². The lowest BCUT2D eigenvalue weighted by Gasteiger charge is -2.53. The SMILES string of the molecule is O=C1C2C3C=CC(c4ccccc4)(C2C(=O)N1c1cccc([NH+]([O-])O)c1)C1C(=O)N(c2cccc([NH+]([O-])O)c2)C(=O)C31. The van der Waals surface area contributed by atoms with Crippen LogP contribution in [0.5, 0.6) is 0 Å². The number of quaternary nitrogens is 2. The molecule has 12 nitrogen and oxygen atoms in total. The summed E-state index contributed by atoms with van der Waals surface area (Å²) in [6.07, 6.45) is 3.53. The van der Waals surface area contributed by atoms with Gasteiger partial charge in [-0.15, -0.1) is 0 Å². The van der Waals surface area contributed by atoms with Gasteiger partial charge < -0.3 is 10.4 Å². The molecule has 2 heterocycles. The Morgan fingerprint density at radius 1 is 0.643 bits per heavy atom. The second-order valence-corrected chi connectivity index (χ2v) is 11.0. The van der Waals surface area contributed by atoms with E-state index in [4.69, 9.17) is 0 Å². The smallest absolute Gasteiger partial charge is 0.238 e. The van der Waals surface area contributed by atoms with Crippen molar-refractivity contribution in [3.63, 3.8) is 0 Å². The maximum atomic E-state index is 14.3. The Hall–Kier alpha value is -4.56. The summed E-state index contributed by atoms with van der Waals surface area (Å²) in [6, 6.07) is 19.9. The molecule has 212 valence electrons. The number of hydrogen-bond donors (Lipinski definition) is 4. The molecule has 4 N–H and O–H groups in total. The van der Waals surface area contributed by atoms with Gasteiger partial charge in [-0.2, -0.15) is 10.5 Å². The van der Waals surface area contributed by atoms with Gasteiger partial charge in [-0.1, -0.05) is 54.6 Å². The zero-order valence-corrected chi connectivity index (χ0v) is 21.8. The first-order chi connectivity index (χ1) is 20.2. The second-order valence-electron chi connectivity index (χ2n) is 11.0. The number of nitrogens with one attached hydrogen (secondary N) is 2. The summed E-state index contributed by atoms with van der Waals surface area (Å²) in [5.41, 5.74) is -0.738. The zero-order valence-electron chi connectivity index (χ0n) is 21.8. The van der Waals surface area contributed by atoms with Crippen LogP contribution in [-0.4, -0.2) is 34.0 Å². The number of amides is 4. The lowest BCUT2D eigenvalue weighted by atomic mass is 9.45. The highest BCUT2D eigenvalue weighted by Gasteiger charge is 2.75. The first kappa shape index (κ1) is 26.3. The van der Waals surface area contributed by atoms with Gasteiger partial charge in [0.15, 0.2) is 11.4 Å². The molecule has 2 saturated heterocycles. The van der Waals surface area contributed by atoms with Gasteiger partial charge in [0.25, 0.3) is 0 Å². The average molecular weight is 569 g/mol. The largest absolute Gasteiger partial charge is 0.595 e. The molecule has 4 amide bonds. The van der Waals surface area contributed by atoms with Crippen molar-refractivity contribution in [3.05, 3.63) is 107 Å². The Kier molecular flexibility index (Phi) is 5.79. The van der Waals surface area contributed by atoms with Gasteiger partial charge >= 0.3 is 0 Å². The highest BCUT2D eigenvalue weighted by atomic mass is 16.8. The molecule has 0 radical (unpaired) electrons. The molecule has 1 saturated carbocycles. The molecule has 3 aromatic rings. The molecule has 12 heteroatoms. The van der Waals surface area contributed by atoms with Crippen LogP contribution in [0.25, 0.3) is 0 Å². The van der Waals surface area contributed by atoms with Gasteiger partial charge in [0.1, 0.15) is 0 Å². The van der Waals surface area contributed by atoms with E-state index in [1.54, 1.807) is 42.5 Å². The third-order valence-electron chi connectivity index (χ3n) is 9.13. The molecule has 2 aliphatic heterocycles. The maximum Gasteiger partial charge on any atom is 0.238 e. The van der Waals surface area contributed by atoms with Crippen LogP contribution in [-0.2, 0) is 24.6 Å². The molecule has 3 aromatic carbocycles. The molecule has 3 fully saturated rings. The number of anilines is 2. The minimum Gasteiger partial charge on any atom is -0.595 e. The van der Waals surface area contributed by atoms with E-state index in [1.807, 2.05) is 0 Å². The van der Waals surface area contributed by atoms with Crippen molar-refractivity contribution in [1.82, 2.24) is 0 Å². The van der Waals surface area contributed by atoms with Crippen LogP contribution in [0, 0.1) is 40.0 Å². The normalized spacial score (nSPS) is 31.0. The zero-order chi connectivity index (χ0) is 29.5. The lowest BCUT2D eigenvalue weighted by molar-refractivity contribution is -0.991. The van der Waals surface area contributed by atoms with Crippen LogP contribution in [0.3, 0.4) is 0 Å². The van der Waals surface area contributed by atoms with Crippen molar-refractivity contribution in [2.75, 3.05) is 9.80 Å². The standard InChI is InChI=1S/C30H24N4O8/c35-26-22-21-12-13-30(16-6-2-1-3-7-16,24(22)28(37)31(26)17-8-4-10-19(14-17)33(39)40)25-23(21)27(36)32(29(25)38)18-9-5-11-20(15-18)34(41)42/h1-15,21-25,33-34,39,41H. The lowest BCUT2D eigenvalue weighted by Crippen LogP contribution is -2.99. The van der Waals surface area contributed by atoms with Crippen LogP contribution in [0.4, 0.5) is 22.7 Å². The fourth-order valence-electron chi connectivity index (χ4n) is 7.54. The number of benzene rings is 3. The van der Waals surface area contributed by atoms with E-state index in [1.165, 1.54) is 48.5 Å². The summed E-state index contributed by atoms with van der Waals surface area (Å²) >= 11 is 0. The van der Waals surface area contributed by atoms with Gasteiger partial charge in [-0.05, 0) is 17.7 Å². The average Bonchev–Trinajstić information content (AvgIpc) is 3.44. The molecule has 6 atom stereocenters. The Bertz CT molecular complexity index is 1590. The number of imide groups is 2. The van der Waals surface area contributed by atoms with Crippen LogP contribution in [0.15, 0.2) is 91.0 Å². The highest BCUT2D eigenvalue weighted by molar-refractivity contribution is 6.27. The van der Waals surface area contributed by atoms with Crippen molar-refractivity contribution in [3.8, 4) is 0 Å². The second kappa shape index (κ2) is 9.22. The molecular weight excluding hydrogens is 544 g/mol. The molecular formula is C30H24N4O8. The van der Waals surface area contributed by atoms with E-state index < -0.39 is 69.1 Å². The fourth-order valence-corrected chi connectivity index (χ4v) is 7.54. The monoisotopic (exact) mass is 568 g/mol. The van der Waals surface area contributed by atoms with Gasteiger partial charge in [0.05, 0.1) is 35.0 Å². The third-order valence-corrected chi connectivity index (χ3v) is 9.13. The number of carbonyl (C=O) groups is 4. The van der Waals surface area contributed by atoms with Crippen LogP contribution in [0.2, 0.25) is 0 Å².